The molecular formula is C13H22N2O. The molecule has 0 atom stereocenters. The van der Waals surface area contributed by atoms with Gasteiger partial charge in [-0.3, -0.25) is 4.90 Å². The molecule has 1 saturated heterocycles. The van der Waals surface area contributed by atoms with Crippen molar-refractivity contribution in [3.8, 4) is 0 Å². The van der Waals surface area contributed by atoms with Gasteiger partial charge in [-0.2, -0.15) is 0 Å². The summed E-state index contributed by atoms with van der Waals surface area (Å²) < 4.78 is 5.73. The van der Waals surface area contributed by atoms with Gasteiger partial charge in [0.05, 0.1) is 0 Å². The Morgan fingerprint density at radius 2 is 2.00 bits per heavy atom. The largest absolute Gasteiger partial charge is 0.493 e. The predicted molar refractivity (Wildman–Crippen MR) is 66.3 cm³/mol. The number of piperazine rings is 1. The number of ether oxygens (including phenoxy) is 1. The Hall–Kier alpha value is -0.800. The third kappa shape index (κ3) is 3.65. The van der Waals surface area contributed by atoms with E-state index in [0.717, 1.165) is 31.8 Å². The molecule has 0 bridgehead atoms. The van der Waals surface area contributed by atoms with Crippen molar-refractivity contribution in [2.45, 2.75) is 12.8 Å². The maximum atomic E-state index is 5.73. The van der Waals surface area contributed by atoms with Crippen LogP contribution in [0.3, 0.4) is 0 Å². The molecule has 1 aliphatic carbocycles. The van der Waals surface area contributed by atoms with Gasteiger partial charge in [-0.15, -0.1) is 0 Å². The Morgan fingerprint density at radius 1 is 1.19 bits per heavy atom. The van der Waals surface area contributed by atoms with Gasteiger partial charge in [0.1, 0.15) is 12.4 Å². The van der Waals surface area contributed by atoms with E-state index in [9.17, 15) is 0 Å². The molecule has 2 rings (SSSR count). The molecule has 0 aromatic heterocycles. The Bertz CT molecular complexity index is 265. The molecule has 90 valence electrons. The predicted octanol–water partition coefficient (Wildman–Crippen LogP) is 1.48. The summed E-state index contributed by atoms with van der Waals surface area (Å²) in [6.45, 7) is 6.59. The highest BCUT2D eigenvalue weighted by Gasteiger charge is 2.13. The smallest absolute Gasteiger partial charge is 0.115 e. The van der Waals surface area contributed by atoms with Crippen LogP contribution in [0, 0.1) is 0 Å². The Labute approximate surface area is 98.4 Å². The summed E-state index contributed by atoms with van der Waals surface area (Å²) in [5, 5.41) is 0. The first-order chi connectivity index (χ1) is 7.84. The first-order valence-corrected chi connectivity index (χ1v) is 6.25. The van der Waals surface area contributed by atoms with Crippen LogP contribution in [-0.2, 0) is 4.74 Å². The van der Waals surface area contributed by atoms with Gasteiger partial charge in [0, 0.05) is 32.7 Å². The maximum Gasteiger partial charge on any atom is 0.115 e. The molecule has 16 heavy (non-hydrogen) atoms. The molecule has 0 aromatic carbocycles. The monoisotopic (exact) mass is 222 g/mol. The van der Waals surface area contributed by atoms with Crippen LogP contribution in [0.5, 0.6) is 0 Å². The van der Waals surface area contributed by atoms with Gasteiger partial charge < -0.3 is 9.64 Å². The second kappa shape index (κ2) is 6.06. The van der Waals surface area contributed by atoms with Crippen molar-refractivity contribution >= 4 is 0 Å². The van der Waals surface area contributed by atoms with Crippen LogP contribution in [0.15, 0.2) is 24.0 Å². The fourth-order valence-electron chi connectivity index (χ4n) is 2.06. The van der Waals surface area contributed by atoms with Crippen LogP contribution in [-0.4, -0.2) is 56.2 Å². The van der Waals surface area contributed by atoms with Crippen molar-refractivity contribution in [1.82, 2.24) is 9.80 Å². The molecule has 3 nitrogen and oxygen atoms in total. The standard InChI is InChI=1S/C13H22N2O/c1-14-7-9-15(10-8-14)11-12-16-13-5-3-2-4-6-13/h3,5-6H,2,4,7-12H2,1H3. The zero-order valence-corrected chi connectivity index (χ0v) is 10.2. The van der Waals surface area contributed by atoms with Crippen molar-refractivity contribution < 1.29 is 4.74 Å². The van der Waals surface area contributed by atoms with E-state index >= 15 is 0 Å². The Kier molecular flexibility index (Phi) is 4.43. The minimum atomic E-state index is 0.819. The summed E-state index contributed by atoms with van der Waals surface area (Å²) in [7, 11) is 2.19. The number of allylic oxidation sites excluding steroid dienone is 3. The summed E-state index contributed by atoms with van der Waals surface area (Å²) in [5.41, 5.74) is 0. The SMILES string of the molecule is CN1CCN(CCOC2=CCCC=C2)CC1. The molecule has 0 N–H and O–H groups in total. The third-order valence-electron chi connectivity index (χ3n) is 3.23. The van der Waals surface area contributed by atoms with E-state index in [1.54, 1.807) is 0 Å². The summed E-state index contributed by atoms with van der Waals surface area (Å²) in [5.74, 6) is 1.06. The molecule has 0 spiro atoms. The second-order valence-electron chi connectivity index (χ2n) is 4.58. The first-order valence-electron chi connectivity index (χ1n) is 6.25. The highest BCUT2D eigenvalue weighted by atomic mass is 16.5. The van der Waals surface area contributed by atoms with Crippen molar-refractivity contribution in [3.63, 3.8) is 0 Å². The van der Waals surface area contributed by atoms with E-state index in [4.69, 9.17) is 4.74 Å². The van der Waals surface area contributed by atoms with E-state index in [1.807, 2.05) is 0 Å². The second-order valence-corrected chi connectivity index (χ2v) is 4.58. The molecule has 0 amide bonds. The van der Waals surface area contributed by atoms with Gasteiger partial charge in [-0.05, 0) is 32.0 Å². The van der Waals surface area contributed by atoms with Crippen LogP contribution in [0.25, 0.3) is 0 Å². The topological polar surface area (TPSA) is 15.7 Å². The lowest BCUT2D eigenvalue weighted by Crippen LogP contribution is -2.45. The van der Waals surface area contributed by atoms with Crippen LogP contribution in [0.1, 0.15) is 12.8 Å². The lowest BCUT2D eigenvalue weighted by molar-refractivity contribution is 0.115. The summed E-state index contributed by atoms with van der Waals surface area (Å²) in [4.78, 5) is 4.86. The summed E-state index contributed by atoms with van der Waals surface area (Å²) >= 11 is 0. The molecule has 0 saturated carbocycles. The average molecular weight is 222 g/mol. The normalized spacial score (nSPS) is 23.2. The molecule has 3 heteroatoms. The molecule has 0 radical (unpaired) electrons. The number of nitrogens with zero attached hydrogens (tertiary/aromatic N) is 2. The number of likely N-dealkylation sites (N-methyl/N-ethyl adjacent to an activating group) is 1. The third-order valence-corrected chi connectivity index (χ3v) is 3.23. The van der Waals surface area contributed by atoms with Crippen LogP contribution >= 0.6 is 0 Å². The minimum Gasteiger partial charge on any atom is -0.493 e. The molecular weight excluding hydrogens is 200 g/mol. The quantitative estimate of drug-likeness (QED) is 0.716. The van der Waals surface area contributed by atoms with E-state index in [1.165, 1.54) is 26.2 Å². The minimum absolute atomic E-state index is 0.819. The van der Waals surface area contributed by atoms with Crippen LogP contribution in [0.2, 0.25) is 0 Å². The van der Waals surface area contributed by atoms with Crippen molar-refractivity contribution in [2.75, 3.05) is 46.4 Å². The van der Waals surface area contributed by atoms with E-state index < -0.39 is 0 Å². The number of hydrogen-bond acceptors (Lipinski definition) is 3. The van der Waals surface area contributed by atoms with Gasteiger partial charge >= 0.3 is 0 Å². The average Bonchev–Trinajstić information content (AvgIpc) is 2.33. The fourth-order valence-corrected chi connectivity index (χ4v) is 2.06. The zero-order chi connectivity index (χ0) is 11.2. The van der Waals surface area contributed by atoms with Gasteiger partial charge in [-0.25, -0.2) is 0 Å². The van der Waals surface area contributed by atoms with Gasteiger partial charge in [0.2, 0.25) is 0 Å². The summed E-state index contributed by atoms with van der Waals surface area (Å²) in [6.07, 6.45) is 8.74. The van der Waals surface area contributed by atoms with Crippen molar-refractivity contribution in [3.05, 3.63) is 24.0 Å². The number of rotatable bonds is 4. The van der Waals surface area contributed by atoms with E-state index in [0.29, 0.717) is 0 Å². The van der Waals surface area contributed by atoms with Crippen molar-refractivity contribution in [2.24, 2.45) is 0 Å². The van der Waals surface area contributed by atoms with Gasteiger partial charge in [0.25, 0.3) is 0 Å². The molecule has 0 aromatic rings. The molecule has 2 aliphatic rings. The lowest BCUT2D eigenvalue weighted by Gasteiger charge is -2.32. The summed E-state index contributed by atoms with van der Waals surface area (Å²) in [6, 6.07) is 0. The van der Waals surface area contributed by atoms with Gasteiger partial charge in [-0.1, -0.05) is 6.08 Å². The zero-order valence-electron chi connectivity index (χ0n) is 10.2. The maximum absolute atomic E-state index is 5.73. The molecule has 0 unspecified atom stereocenters. The van der Waals surface area contributed by atoms with Crippen LogP contribution < -0.4 is 0 Å². The highest BCUT2D eigenvalue weighted by molar-refractivity contribution is 5.15. The van der Waals surface area contributed by atoms with E-state index in [2.05, 4.69) is 35.1 Å². The van der Waals surface area contributed by atoms with Crippen molar-refractivity contribution in [1.29, 1.82) is 0 Å². The molecule has 1 heterocycles. The fraction of sp³-hybridized carbons (Fsp3) is 0.692. The number of hydrogen-bond donors (Lipinski definition) is 0. The van der Waals surface area contributed by atoms with Gasteiger partial charge in [0.15, 0.2) is 0 Å². The first kappa shape index (κ1) is 11.7. The Morgan fingerprint density at radius 3 is 2.69 bits per heavy atom. The highest BCUT2D eigenvalue weighted by Crippen LogP contribution is 2.10. The van der Waals surface area contributed by atoms with Crippen LogP contribution in [0.4, 0.5) is 0 Å². The lowest BCUT2D eigenvalue weighted by atomic mass is 10.2. The van der Waals surface area contributed by atoms with E-state index in [-0.39, 0.29) is 0 Å². The Balaban J connectivity index is 1.61. The molecule has 1 aliphatic heterocycles. The molecule has 1 fully saturated rings.